The zero-order chi connectivity index (χ0) is 16.7. The third kappa shape index (κ3) is 5.20. The molecule has 0 unspecified atom stereocenters. The lowest BCUT2D eigenvalue weighted by Gasteiger charge is -2.17. The number of para-hydroxylation sites is 3. The lowest BCUT2D eigenvalue weighted by molar-refractivity contribution is 0.243. The van der Waals surface area contributed by atoms with Crippen LogP contribution in [0.2, 0.25) is 0 Å². The minimum absolute atomic E-state index is 0.175. The second-order valence-corrected chi connectivity index (χ2v) is 6.26. The summed E-state index contributed by atoms with van der Waals surface area (Å²) in [6.45, 7) is 10.2. The van der Waals surface area contributed by atoms with Crippen molar-refractivity contribution >= 4 is 11.4 Å². The summed E-state index contributed by atoms with van der Waals surface area (Å²) in [5, 5.41) is 6.97. The van der Waals surface area contributed by atoms with E-state index >= 15 is 0 Å². The van der Waals surface area contributed by atoms with Crippen LogP contribution in [0.15, 0.2) is 48.5 Å². The number of hydrogen-bond acceptors (Lipinski definition) is 3. The van der Waals surface area contributed by atoms with Crippen LogP contribution in [0.3, 0.4) is 0 Å². The highest BCUT2D eigenvalue weighted by Gasteiger charge is 2.06. The average Bonchev–Trinajstić information content (AvgIpc) is 2.52. The van der Waals surface area contributed by atoms with Crippen molar-refractivity contribution in [1.29, 1.82) is 0 Å². The molecule has 23 heavy (non-hydrogen) atoms. The van der Waals surface area contributed by atoms with Crippen LogP contribution in [0.25, 0.3) is 0 Å². The minimum atomic E-state index is 0.175. The van der Waals surface area contributed by atoms with Gasteiger partial charge < -0.3 is 15.4 Å². The first-order valence-electron chi connectivity index (χ1n) is 8.40. The van der Waals surface area contributed by atoms with Crippen LogP contribution in [0.4, 0.5) is 11.4 Å². The Hall–Kier alpha value is -2.16. The first-order chi connectivity index (χ1) is 11.1. The van der Waals surface area contributed by atoms with Crippen molar-refractivity contribution in [2.75, 3.05) is 23.7 Å². The molecule has 3 heteroatoms. The zero-order valence-electron chi connectivity index (χ0n) is 14.6. The van der Waals surface area contributed by atoms with E-state index < -0.39 is 0 Å². The van der Waals surface area contributed by atoms with Crippen molar-refractivity contribution in [2.45, 2.75) is 39.7 Å². The van der Waals surface area contributed by atoms with Crippen molar-refractivity contribution in [3.8, 4) is 5.75 Å². The molecular weight excluding hydrogens is 284 g/mol. The van der Waals surface area contributed by atoms with Crippen molar-refractivity contribution in [3.63, 3.8) is 0 Å². The Labute approximate surface area is 140 Å². The molecule has 2 N–H and O–H groups in total. The van der Waals surface area contributed by atoms with Crippen LogP contribution in [0, 0.1) is 0 Å². The van der Waals surface area contributed by atoms with E-state index in [4.69, 9.17) is 4.74 Å². The monoisotopic (exact) mass is 312 g/mol. The molecule has 0 amide bonds. The van der Waals surface area contributed by atoms with Gasteiger partial charge in [0.25, 0.3) is 0 Å². The molecule has 0 fully saturated rings. The molecule has 2 aromatic rings. The standard InChI is InChI=1S/C20H28N2O/c1-15(2)17-9-5-6-10-18(17)21-13-14-22-19-11-7-8-12-20(19)23-16(3)4/h5-12,15-16,21-22H,13-14H2,1-4H3. The summed E-state index contributed by atoms with van der Waals surface area (Å²) in [5.74, 6) is 1.43. The number of hydrogen-bond donors (Lipinski definition) is 2. The van der Waals surface area contributed by atoms with Gasteiger partial charge in [0.15, 0.2) is 0 Å². The van der Waals surface area contributed by atoms with Crippen molar-refractivity contribution < 1.29 is 4.74 Å². The molecule has 2 aromatic carbocycles. The lowest BCUT2D eigenvalue weighted by atomic mass is 10.0. The maximum absolute atomic E-state index is 5.83. The van der Waals surface area contributed by atoms with Gasteiger partial charge in [0, 0.05) is 18.8 Å². The number of ether oxygens (including phenoxy) is 1. The molecule has 3 nitrogen and oxygen atoms in total. The van der Waals surface area contributed by atoms with Gasteiger partial charge in [-0.05, 0) is 43.5 Å². The fourth-order valence-electron chi connectivity index (χ4n) is 2.53. The largest absolute Gasteiger partial charge is 0.489 e. The molecule has 0 saturated heterocycles. The second-order valence-electron chi connectivity index (χ2n) is 6.26. The van der Waals surface area contributed by atoms with Crippen LogP contribution in [-0.2, 0) is 0 Å². The smallest absolute Gasteiger partial charge is 0.142 e. The highest BCUT2D eigenvalue weighted by molar-refractivity contribution is 5.57. The van der Waals surface area contributed by atoms with E-state index in [9.17, 15) is 0 Å². The molecule has 0 aromatic heterocycles. The van der Waals surface area contributed by atoms with Gasteiger partial charge in [-0.1, -0.05) is 44.2 Å². The Bertz CT molecular complexity index is 608. The number of nitrogens with one attached hydrogen (secondary N) is 2. The van der Waals surface area contributed by atoms with E-state index in [-0.39, 0.29) is 6.10 Å². The van der Waals surface area contributed by atoms with Crippen molar-refractivity contribution in [2.24, 2.45) is 0 Å². The summed E-state index contributed by atoms with van der Waals surface area (Å²) >= 11 is 0. The van der Waals surface area contributed by atoms with E-state index in [1.807, 2.05) is 32.0 Å². The average molecular weight is 312 g/mol. The van der Waals surface area contributed by atoms with E-state index in [0.29, 0.717) is 5.92 Å². The predicted octanol–water partition coefficient (Wildman–Crippen LogP) is 5.12. The SMILES string of the molecule is CC(C)Oc1ccccc1NCCNc1ccccc1C(C)C. The van der Waals surface area contributed by atoms with Gasteiger partial charge in [-0.2, -0.15) is 0 Å². The first-order valence-corrected chi connectivity index (χ1v) is 8.40. The molecule has 124 valence electrons. The van der Waals surface area contributed by atoms with Gasteiger partial charge in [-0.15, -0.1) is 0 Å². The summed E-state index contributed by atoms with van der Waals surface area (Å²) in [4.78, 5) is 0. The second kappa shape index (κ2) is 8.47. The molecule has 0 aliphatic heterocycles. The maximum Gasteiger partial charge on any atom is 0.142 e. The molecular formula is C20H28N2O. The van der Waals surface area contributed by atoms with Gasteiger partial charge in [0.05, 0.1) is 11.8 Å². The third-order valence-corrected chi connectivity index (χ3v) is 3.59. The Kier molecular flexibility index (Phi) is 6.33. The zero-order valence-corrected chi connectivity index (χ0v) is 14.6. The fraction of sp³-hybridized carbons (Fsp3) is 0.400. The molecule has 0 bridgehead atoms. The molecule has 0 atom stereocenters. The Morgan fingerprint density at radius 2 is 1.35 bits per heavy atom. The molecule has 0 heterocycles. The summed E-state index contributed by atoms with van der Waals surface area (Å²) in [6, 6.07) is 16.6. The van der Waals surface area contributed by atoms with Crippen molar-refractivity contribution in [1.82, 2.24) is 0 Å². The van der Waals surface area contributed by atoms with E-state index in [1.165, 1.54) is 11.3 Å². The molecule has 0 saturated carbocycles. The van der Waals surface area contributed by atoms with E-state index in [2.05, 4.69) is 54.8 Å². The normalized spacial score (nSPS) is 10.9. The van der Waals surface area contributed by atoms with Gasteiger partial charge in [0.1, 0.15) is 5.75 Å². The van der Waals surface area contributed by atoms with Crippen molar-refractivity contribution in [3.05, 3.63) is 54.1 Å². The van der Waals surface area contributed by atoms with Crippen LogP contribution >= 0.6 is 0 Å². The topological polar surface area (TPSA) is 33.3 Å². The van der Waals surface area contributed by atoms with Gasteiger partial charge in [-0.3, -0.25) is 0 Å². The summed E-state index contributed by atoms with van der Waals surface area (Å²) < 4.78 is 5.83. The Morgan fingerprint density at radius 3 is 2.00 bits per heavy atom. The summed E-state index contributed by atoms with van der Waals surface area (Å²) in [5.41, 5.74) is 3.62. The minimum Gasteiger partial charge on any atom is -0.489 e. The maximum atomic E-state index is 5.83. The quantitative estimate of drug-likeness (QED) is 0.664. The Balaban J connectivity index is 1.89. The fourth-order valence-corrected chi connectivity index (χ4v) is 2.53. The van der Waals surface area contributed by atoms with Crippen LogP contribution < -0.4 is 15.4 Å². The number of anilines is 2. The summed E-state index contributed by atoms with van der Waals surface area (Å²) in [7, 11) is 0. The highest BCUT2D eigenvalue weighted by atomic mass is 16.5. The van der Waals surface area contributed by atoms with Gasteiger partial charge in [-0.25, -0.2) is 0 Å². The lowest BCUT2D eigenvalue weighted by Crippen LogP contribution is -2.16. The molecule has 0 aliphatic rings. The summed E-state index contributed by atoms with van der Waals surface area (Å²) in [6.07, 6.45) is 0.175. The van der Waals surface area contributed by atoms with Gasteiger partial charge in [0.2, 0.25) is 0 Å². The highest BCUT2D eigenvalue weighted by Crippen LogP contribution is 2.25. The molecule has 2 rings (SSSR count). The molecule has 0 aliphatic carbocycles. The van der Waals surface area contributed by atoms with Crippen LogP contribution in [0.5, 0.6) is 5.75 Å². The first kappa shape index (κ1) is 17.2. The van der Waals surface area contributed by atoms with Crippen LogP contribution in [0.1, 0.15) is 39.2 Å². The number of rotatable bonds is 8. The van der Waals surface area contributed by atoms with E-state index in [1.54, 1.807) is 0 Å². The van der Waals surface area contributed by atoms with Crippen LogP contribution in [-0.4, -0.2) is 19.2 Å². The number of benzene rings is 2. The third-order valence-electron chi connectivity index (χ3n) is 3.59. The molecule has 0 radical (unpaired) electrons. The molecule has 0 spiro atoms. The van der Waals surface area contributed by atoms with E-state index in [0.717, 1.165) is 24.5 Å². The predicted molar refractivity (Wildman–Crippen MR) is 99.7 cm³/mol. The Morgan fingerprint density at radius 1 is 0.783 bits per heavy atom. The van der Waals surface area contributed by atoms with Gasteiger partial charge >= 0.3 is 0 Å².